The van der Waals surface area contributed by atoms with Crippen molar-refractivity contribution in [2.45, 2.75) is 173 Å². The average molecular weight is 677 g/mol. The first-order valence-electron chi connectivity index (χ1n) is 15.6. The van der Waals surface area contributed by atoms with Crippen molar-refractivity contribution in [1.82, 2.24) is 5.32 Å². The number of nitrogens with one attached hydrogen (secondary N) is 1. The molecule has 234 valence electrons. The van der Waals surface area contributed by atoms with Crippen LogP contribution in [0.1, 0.15) is 149 Å². The highest BCUT2D eigenvalue weighted by molar-refractivity contribution is 8.93. The van der Waals surface area contributed by atoms with E-state index in [1.165, 1.54) is 77.0 Å². The first-order chi connectivity index (χ1) is 17.0. The Morgan fingerprint density at radius 1 is 0.632 bits per heavy atom. The lowest BCUT2D eigenvalue weighted by atomic mass is 9.74. The highest BCUT2D eigenvalue weighted by Gasteiger charge is 2.57. The molecule has 5 nitrogen and oxygen atoms in total. The molecule has 0 rings (SSSR count). The van der Waals surface area contributed by atoms with Gasteiger partial charge in [-0.25, -0.2) is 0 Å². The van der Waals surface area contributed by atoms with Gasteiger partial charge in [-0.1, -0.05) is 117 Å². The van der Waals surface area contributed by atoms with E-state index in [1.807, 2.05) is 6.92 Å². The summed E-state index contributed by atoms with van der Waals surface area (Å²) < 4.78 is 0.476. The smallest absolute Gasteiger partial charge is 0.168 e. The molecule has 0 aliphatic rings. The molecule has 4 N–H and O–H groups in total. The Morgan fingerprint density at radius 3 is 1.18 bits per heavy atom. The molecule has 7 heteroatoms. The van der Waals surface area contributed by atoms with E-state index in [0.717, 1.165) is 38.5 Å². The topological polar surface area (TPSA) is 72.7 Å². The minimum absolute atomic E-state index is 0. The molecule has 0 saturated heterocycles. The summed E-state index contributed by atoms with van der Waals surface area (Å²) in [5.74, 6) is 0. The number of hydrogen-bond acceptors (Lipinski definition) is 4. The third-order valence-electron chi connectivity index (χ3n) is 8.61. The molecular formula is C31H68Br2N2O3. The Hall–Kier alpha value is 0.760. The van der Waals surface area contributed by atoms with Crippen molar-refractivity contribution >= 4 is 17.0 Å². The van der Waals surface area contributed by atoms with Crippen LogP contribution < -0.4 is 22.3 Å². The fourth-order valence-electron chi connectivity index (χ4n) is 5.93. The Morgan fingerprint density at radius 2 is 0.921 bits per heavy atom. The maximum atomic E-state index is 11.5. The van der Waals surface area contributed by atoms with Gasteiger partial charge in [0.05, 0.1) is 33.4 Å². The maximum absolute atomic E-state index is 11.5. The molecule has 0 amide bonds. The van der Waals surface area contributed by atoms with E-state index in [-0.39, 0.29) is 34.0 Å². The van der Waals surface area contributed by atoms with Gasteiger partial charge in [0.15, 0.2) is 5.72 Å². The zero-order chi connectivity index (χ0) is 27.5. The lowest BCUT2D eigenvalue weighted by Crippen LogP contribution is -3.00. The van der Waals surface area contributed by atoms with Crippen LogP contribution in [0.15, 0.2) is 0 Å². The second-order valence-electron chi connectivity index (χ2n) is 12.6. The molecule has 0 saturated carbocycles. The van der Waals surface area contributed by atoms with Crippen LogP contribution in [0.25, 0.3) is 0 Å². The van der Waals surface area contributed by atoms with Gasteiger partial charge in [-0.05, 0) is 26.8 Å². The van der Waals surface area contributed by atoms with Crippen LogP contribution in [0, 0.1) is 0 Å². The molecule has 0 aliphatic carbocycles. The molecule has 3 unspecified atom stereocenters. The van der Waals surface area contributed by atoms with Crippen LogP contribution in [0.2, 0.25) is 0 Å². The monoisotopic (exact) mass is 674 g/mol. The summed E-state index contributed by atoms with van der Waals surface area (Å²) in [6.45, 7) is 6.31. The van der Waals surface area contributed by atoms with Gasteiger partial charge in [0.2, 0.25) is 0 Å². The SMILES string of the molecule is Br.CCCCCCCCCCC(O)CC(CC(O)CCCCCCCCCC)(C(C)(O)NC)[N+](C)(C)C.[Br-]. The van der Waals surface area contributed by atoms with E-state index in [2.05, 4.69) is 40.3 Å². The van der Waals surface area contributed by atoms with Crippen LogP contribution in [-0.2, 0) is 0 Å². The summed E-state index contributed by atoms with van der Waals surface area (Å²) in [7, 11) is 8.02. The Labute approximate surface area is 259 Å². The van der Waals surface area contributed by atoms with Crippen molar-refractivity contribution in [2.24, 2.45) is 0 Å². The number of hydrogen-bond donors (Lipinski definition) is 4. The minimum Gasteiger partial charge on any atom is -1.00 e. The normalized spacial score (nSPS) is 16.6. The zero-order valence-electron chi connectivity index (χ0n) is 26.4. The molecule has 0 radical (unpaired) electrons. The van der Waals surface area contributed by atoms with Crippen molar-refractivity contribution < 1.29 is 36.8 Å². The Balaban J connectivity index is -0.00000612. The summed E-state index contributed by atoms with van der Waals surface area (Å²) in [6.07, 6.45) is 21.4. The van der Waals surface area contributed by atoms with Gasteiger partial charge in [0.25, 0.3) is 0 Å². The van der Waals surface area contributed by atoms with Crippen LogP contribution in [0.4, 0.5) is 0 Å². The van der Waals surface area contributed by atoms with E-state index < -0.39 is 23.5 Å². The lowest BCUT2D eigenvalue weighted by molar-refractivity contribution is -0.935. The van der Waals surface area contributed by atoms with Gasteiger partial charge in [-0.3, -0.25) is 5.32 Å². The van der Waals surface area contributed by atoms with Gasteiger partial charge < -0.3 is 36.8 Å². The van der Waals surface area contributed by atoms with Crippen LogP contribution >= 0.6 is 17.0 Å². The van der Waals surface area contributed by atoms with Crippen LogP contribution in [-0.4, -0.2) is 71.5 Å². The first-order valence-corrected chi connectivity index (χ1v) is 15.6. The molecule has 0 fully saturated rings. The predicted octanol–water partition coefficient (Wildman–Crippen LogP) is 4.50. The van der Waals surface area contributed by atoms with E-state index in [0.29, 0.717) is 17.3 Å². The third-order valence-corrected chi connectivity index (χ3v) is 8.61. The third kappa shape index (κ3) is 17.5. The minimum atomic E-state index is -1.22. The fraction of sp³-hybridized carbons (Fsp3) is 1.00. The zero-order valence-corrected chi connectivity index (χ0v) is 29.7. The largest absolute Gasteiger partial charge is 1.00 e. The van der Waals surface area contributed by atoms with Gasteiger partial charge >= 0.3 is 0 Å². The molecule has 0 aromatic rings. The summed E-state index contributed by atoms with van der Waals surface area (Å²) in [6, 6.07) is 0. The first kappa shape index (κ1) is 43.2. The lowest BCUT2D eigenvalue weighted by Gasteiger charge is -2.55. The van der Waals surface area contributed by atoms with E-state index >= 15 is 0 Å². The van der Waals surface area contributed by atoms with E-state index in [9.17, 15) is 15.3 Å². The quantitative estimate of drug-likeness (QED) is 0.0654. The van der Waals surface area contributed by atoms with E-state index in [1.54, 1.807) is 7.05 Å². The second-order valence-corrected chi connectivity index (χ2v) is 12.6. The van der Waals surface area contributed by atoms with Gasteiger partial charge in [-0.2, -0.15) is 0 Å². The molecule has 0 spiro atoms. The maximum Gasteiger partial charge on any atom is 0.168 e. The molecule has 0 heterocycles. The number of rotatable bonds is 25. The fourth-order valence-corrected chi connectivity index (χ4v) is 5.93. The summed E-state index contributed by atoms with van der Waals surface area (Å²) in [4.78, 5) is 0. The van der Waals surface area contributed by atoms with Crippen LogP contribution in [0.3, 0.4) is 0 Å². The highest BCUT2D eigenvalue weighted by Crippen LogP contribution is 2.40. The van der Waals surface area contributed by atoms with Crippen molar-refractivity contribution in [3.05, 3.63) is 0 Å². The number of likely N-dealkylation sites (N-methyl/N-ethyl adjacent to an activating group) is 2. The van der Waals surface area contributed by atoms with Gasteiger partial charge in [0, 0.05) is 12.8 Å². The number of aliphatic hydroxyl groups excluding tert-OH is 2. The standard InChI is InChI=1S/C31H67N2O3.2BrH/c1-8-10-12-14-16-18-20-22-24-28(34)26-31(33(5,6)7,30(3,36)32-4)27-29(35)25-23-21-19-17-15-13-11-9-2;;/h28-29,32,34-36H,8-27H2,1-7H3;2*1H/q+1;;/p-1. The molecule has 0 bridgehead atoms. The summed E-state index contributed by atoms with van der Waals surface area (Å²) >= 11 is 0. The molecule has 0 aromatic heterocycles. The summed E-state index contributed by atoms with van der Waals surface area (Å²) in [5, 5.41) is 36.9. The predicted molar refractivity (Wildman–Crippen MR) is 166 cm³/mol. The number of nitrogens with zero attached hydrogens (tertiary/aromatic N) is 1. The van der Waals surface area contributed by atoms with Gasteiger partial charge in [0.1, 0.15) is 5.54 Å². The molecule has 0 aliphatic heterocycles. The number of unbranched alkanes of at least 4 members (excludes halogenated alkanes) is 14. The molecule has 0 aromatic carbocycles. The molecular weight excluding hydrogens is 608 g/mol. The highest BCUT2D eigenvalue weighted by atomic mass is 79.9. The van der Waals surface area contributed by atoms with Gasteiger partial charge in [-0.15, -0.1) is 17.0 Å². The van der Waals surface area contributed by atoms with E-state index in [4.69, 9.17) is 0 Å². The molecule has 38 heavy (non-hydrogen) atoms. The Kier molecular flexibility index (Phi) is 27.7. The van der Waals surface area contributed by atoms with Crippen molar-refractivity contribution in [2.75, 3.05) is 28.2 Å². The van der Waals surface area contributed by atoms with Crippen molar-refractivity contribution in [1.29, 1.82) is 0 Å². The van der Waals surface area contributed by atoms with Crippen molar-refractivity contribution in [3.63, 3.8) is 0 Å². The van der Waals surface area contributed by atoms with Crippen LogP contribution in [0.5, 0.6) is 0 Å². The van der Waals surface area contributed by atoms with Crippen molar-refractivity contribution in [3.8, 4) is 0 Å². The number of quaternary nitrogens is 1. The molecule has 3 atom stereocenters. The number of halogens is 2. The second kappa shape index (κ2) is 24.4. The summed E-state index contributed by atoms with van der Waals surface area (Å²) in [5.41, 5.74) is -1.92. The number of aliphatic hydroxyl groups is 3. The Bertz CT molecular complexity index is 488. The average Bonchev–Trinajstić information content (AvgIpc) is 2.81.